The van der Waals surface area contributed by atoms with E-state index in [4.69, 9.17) is 9.47 Å². The molecule has 6 heteroatoms. The molecule has 1 N–H and O–H groups in total. The lowest BCUT2D eigenvalue weighted by Crippen LogP contribution is -2.25. The highest BCUT2D eigenvalue weighted by molar-refractivity contribution is 5.89. The first-order chi connectivity index (χ1) is 11.1. The average Bonchev–Trinajstić information content (AvgIpc) is 2.56. The summed E-state index contributed by atoms with van der Waals surface area (Å²) in [4.78, 5) is 23.1. The Morgan fingerprint density at radius 2 is 1.87 bits per heavy atom. The van der Waals surface area contributed by atoms with Crippen LogP contribution in [0, 0.1) is 0 Å². The standard InChI is InChI=1S/C17H24N2O4/c1-4-6-7-13(3)18-19-16(20)12-23-15-10-8-14(9-11-15)17(21)22-5-2/h8-11H,4-7,12H2,1-3H3,(H,19,20). The number of hydrogen-bond donors (Lipinski definition) is 1. The topological polar surface area (TPSA) is 77.0 Å². The maximum absolute atomic E-state index is 11.6. The van der Waals surface area contributed by atoms with Gasteiger partial charge in [-0.3, -0.25) is 4.79 Å². The quantitative estimate of drug-likeness (QED) is 0.431. The van der Waals surface area contributed by atoms with Crippen LogP contribution in [0.5, 0.6) is 5.75 Å². The van der Waals surface area contributed by atoms with Gasteiger partial charge < -0.3 is 9.47 Å². The van der Waals surface area contributed by atoms with E-state index < -0.39 is 0 Å². The van der Waals surface area contributed by atoms with Crippen LogP contribution in [0.15, 0.2) is 29.4 Å². The second-order valence-corrected chi connectivity index (χ2v) is 5.02. The van der Waals surface area contributed by atoms with E-state index in [9.17, 15) is 9.59 Å². The summed E-state index contributed by atoms with van der Waals surface area (Å²) < 4.78 is 10.2. The first-order valence-corrected chi connectivity index (χ1v) is 7.78. The lowest BCUT2D eigenvalue weighted by atomic mass is 10.2. The van der Waals surface area contributed by atoms with Gasteiger partial charge in [-0.15, -0.1) is 0 Å². The molecule has 0 spiro atoms. The largest absolute Gasteiger partial charge is 0.484 e. The van der Waals surface area contributed by atoms with Gasteiger partial charge in [-0.25, -0.2) is 10.2 Å². The molecule has 6 nitrogen and oxygen atoms in total. The first kappa shape index (κ1) is 18.7. The number of nitrogens with zero attached hydrogens (tertiary/aromatic N) is 1. The normalized spacial score (nSPS) is 11.0. The van der Waals surface area contributed by atoms with E-state index in [0.29, 0.717) is 17.9 Å². The molecule has 0 radical (unpaired) electrons. The molecule has 0 aliphatic rings. The molecule has 0 fully saturated rings. The molecule has 0 aliphatic carbocycles. The van der Waals surface area contributed by atoms with Gasteiger partial charge in [0.15, 0.2) is 6.61 Å². The van der Waals surface area contributed by atoms with E-state index >= 15 is 0 Å². The number of rotatable bonds is 9. The zero-order valence-electron chi connectivity index (χ0n) is 13.9. The van der Waals surface area contributed by atoms with Gasteiger partial charge in [0.05, 0.1) is 12.2 Å². The van der Waals surface area contributed by atoms with Gasteiger partial charge in [0.2, 0.25) is 0 Å². The Hall–Kier alpha value is -2.37. The van der Waals surface area contributed by atoms with Crippen LogP contribution in [-0.2, 0) is 9.53 Å². The molecule has 0 saturated carbocycles. The van der Waals surface area contributed by atoms with Gasteiger partial charge in [-0.05, 0) is 51.0 Å². The van der Waals surface area contributed by atoms with Crippen LogP contribution in [0.2, 0.25) is 0 Å². The van der Waals surface area contributed by atoms with Crippen molar-refractivity contribution in [1.82, 2.24) is 5.43 Å². The van der Waals surface area contributed by atoms with Gasteiger partial charge in [0, 0.05) is 5.71 Å². The van der Waals surface area contributed by atoms with Crippen LogP contribution in [0.3, 0.4) is 0 Å². The lowest BCUT2D eigenvalue weighted by Gasteiger charge is -2.07. The summed E-state index contributed by atoms with van der Waals surface area (Å²) in [5, 5.41) is 4.01. The van der Waals surface area contributed by atoms with E-state index in [2.05, 4.69) is 17.5 Å². The molecule has 0 unspecified atom stereocenters. The highest BCUT2D eigenvalue weighted by atomic mass is 16.5. The fraction of sp³-hybridized carbons (Fsp3) is 0.471. The van der Waals surface area contributed by atoms with Crippen molar-refractivity contribution >= 4 is 17.6 Å². The third-order valence-corrected chi connectivity index (χ3v) is 3.00. The number of hydrazone groups is 1. The van der Waals surface area contributed by atoms with E-state index in [1.165, 1.54) is 0 Å². The zero-order chi connectivity index (χ0) is 17.1. The summed E-state index contributed by atoms with van der Waals surface area (Å²) in [6.45, 7) is 5.93. The van der Waals surface area contributed by atoms with Gasteiger partial charge in [-0.1, -0.05) is 13.3 Å². The number of carbonyl (C=O) groups excluding carboxylic acids is 2. The van der Waals surface area contributed by atoms with Gasteiger partial charge in [0.25, 0.3) is 5.91 Å². The predicted molar refractivity (Wildman–Crippen MR) is 88.7 cm³/mol. The molecule has 0 atom stereocenters. The Morgan fingerprint density at radius 3 is 2.48 bits per heavy atom. The fourth-order valence-electron chi connectivity index (χ4n) is 1.73. The molecular formula is C17H24N2O4. The first-order valence-electron chi connectivity index (χ1n) is 7.78. The SMILES string of the molecule is CCCCC(C)=NNC(=O)COc1ccc(C(=O)OCC)cc1. The molecule has 1 aromatic rings. The molecular weight excluding hydrogens is 296 g/mol. The minimum Gasteiger partial charge on any atom is -0.484 e. The molecule has 0 heterocycles. The predicted octanol–water partition coefficient (Wildman–Crippen LogP) is 2.92. The molecule has 0 aromatic heterocycles. The molecule has 1 rings (SSSR count). The van der Waals surface area contributed by atoms with Crippen molar-refractivity contribution in [2.75, 3.05) is 13.2 Å². The summed E-state index contributed by atoms with van der Waals surface area (Å²) in [7, 11) is 0. The van der Waals surface area contributed by atoms with E-state index in [-0.39, 0.29) is 18.5 Å². The second kappa shape index (κ2) is 10.4. The Kier molecular flexibility index (Phi) is 8.42. The van der Waals surface area contributed by atoms with Gasteiger partial charge >= 0.3 is 5.97 Å². The zero-order valence-corrected chi connectivity index (χ0v) is 13.9. The molecule has 0 aliphatic heterocycles. The smallest absolute Gasteiger partial charge is 0.338 e. The maximum Gasteiger partial charge on any atom is 0.338 e. The minimum absolute atomic E-state index is 0.136. The van der Waals surface area contributed by atoms with E-state index in [0.717, 1.165) is 25.0 Å². The number of esters is 1. The summed E-state index contributed by atoms with van der Waals surface area (Å²) in [6.07, 6.45) is 3.01. The van der Waals surface area contributed by atoms with Crippen LogP contribution in [0.4, 0.5) is 0 Å². The summed E-state index contributed by atoms with van der Waals surface area (Å²) >= 11 is 0. The number of benzene rings is 1. The summed E-state index contributed by atoms with van der Waals surface area (Å²) in [6, 6.07) is 6.43. The van der Waals surface area contributed by atoms with Gasteiger partial charge in [-0.2, -0.15) is 5.10 Å². The number of nitrogens with one attached hydrogen (secondary N) is 1. The molecule has 0 bridgehead atoms. The molecule has 1 aromatic carbocycles. The van der Waals surface area contributed by atoms with Crippen molar-refractivity contribution in [1.29, 1.82) is 0 Å². The minimum atomic E-state index is -0.381. The third-order valence-electron chi connectivity index (χ3n) is 3.00. The second-order valence-electron chi connectivity index (χ2n) is 5.02. The van der Waals surface area contributed by atoms with Crippen LogP contribution in [0.25, 0.3) is 0 Å². The highest BCUT2D eigenvalue weighted by Gasteiger charge is 2.07. The van der Waals surface area contributed by atoms with Crippen molar-refractivity contribution in [3.05, 3.63) is 29.8 Å². The number of hydrogen-bond acceptors (Lipinski definition) is 5. The molecule has 23 heavy (non-hydrogen) atoms. The van der Waals surface area contributed by atoms with Crippen LogP contribution < -0.4 is 10.2 Å². The lowest BCUT2D eigenvalue weighted by molar-refractivity contribution is -0.123. The van der Waals surface area contributed by atoms with Crippen LogP contribution in [-0.4, -0.2) is 30.8 Å². The monoisotopic (exact) mass is 320 g/mol. The van der Waals surface area contributed by atoms with Gasteiger partial charge in [0.1, 0.15) is 5.75 Å². The third kappa shape index (κ3) is 7.44. The van der Waals surface area contributed by atoms with E-state index in [1.807, 2.05) is 6.92 Å². The Bertz CT molecular complexity index is 538. The fourth-order valence-corrected chi connectivity index (χ4v) is 1.73. The molecule has 1 amide bonds. The van der Waals surface area contributed by atoms with Crippen molar-refractivity contribution < 1.29 is 19.1 Å². The van der Waals surface area contributed by atoms with E-state index in [1.54, 1.807) is 31.2 Å². The highest BCUT2D eigenvalue weighted by Crippen LogP contribution is 2.12. The summed E-state index contributed by atoms with van der Waals surface area (Å²) in [5.74, 6) is -0.205. The number of amides is 1. The average molecular weight is 320 g/mol. The van der Waals surface area contributed by atoms with Crippen molar-refractivity contribution in [2.24, 2.45) is 5.10 Å². The number of unbranched alkanes of at least 4 members (excludes halogenated alkanes) is 1. The molecule has 0 saturated heterocycles. The van der Waals surface area contributed by atoms with Crippen molar-refractivity contribution in [2.45, 2.75) is 40.0 Å². The van der Waals surface area contributed by atoms with Crippen LogP contribution in [0.1, 0.15) is 50.4 Å². The van der Waals surface area contributed by atoms with Crippen molar-refractivity contribution in [3.63, 3.8) is 0 Å². The Labute approximate surface area is 136 Å². The number of ether oxygens (including phenoxy) is 2. The summed E-state index contributed by atoms with van der Waals surface area (Å²) in [5.41, 5.74) is 3.79. The number of carbonyl (C=O) groups is 2. The molecule has 126 valence electrons. The van der Waals surface area contributed by atoms with Crippen LogP contribution >= 0.6 is 0 Å². The Morgan fingerprint density at radius 1 is 1.17 bits per heavy atom. The Balaban J connectivity index is 2.40. The maximum atomic E-state index is 11.6. The van der Waals surface area contributed by atoms with Crippen molar-refractivity contribution in [3.8, 4) is 5.75 Å².